The predicted octanol–water partition coefficient (Wildman–Crippen LogP) is 2.39. The molecule has 0 saturated carbocycles. The van der Waals surface area contributed by atoms with E-state index < -0.39 is 28.8 Å². The molecule has 0 saturated heterocycles. The first-order valence-electron chi connectivity index (χ1n) is 4.90. The lowest BCUT2D eigenvalue weighted by atomic mass is 10.0. The molecule has 0 radical (unpaired) electrons. The van der Waals surface area contributed by atoms with Crippen molar-refractivity contribution in [2.24, 2.45) is 0 Å². The standard InChI is InChI=1S/C11H9F2NO4/c1-11(12,13)10(16)6-9(15)7-3-2-4-8(5-7)14(17)18/h2-5H,6H2,1H3. The number of nitrogens with zero attached hydrogens (tertiary/aromatic N) is 1. The molecule has 0 bridgehead atoms. The van der Waals surface area contributed by atoms with Crippen molar-refractivity contribution in [3.8, 4) is 0 Å². The van der Waals surface area contributed by atoms with Crippen LogP contribution in [-0.4, -0.2) is 22.4 Å². The van der Waals surface area contributed by atoms with Crippen molar-refractivity contribution in [1.29, 1.82) is 0 Å². The number of hydrogen-bond donors (Lipinski definition) is 0. The van der Waals surface area contributed by atoms with Crippen LogP contribution in [0, 0.1) is 10.1 Å². The van der Waals surface area contributed by atoms with Crippen molar-refractivity contribution >= 4 is 17.3 Å². The monoisotopic (exact) mass is 257 g/mol. The zero-order valence-corrected chi connectivity index (χ0v) is 9.35. The van der Waals surface area contributed by atoms with Crippen molar-refractivity contribution < 1.29 is 23.3 Å². The second kappa shape index (κ2) is 4.99. The molecule has 0 atom stereocenters. The van der Waals surface area contributed by atoms with Crippen molar-refractivity contribution in [3.63, 3.8) is 0 Å². The average Bonchev–Trinajstić information content (AvgIpc) is 2.27. The van der Waals surface area contributed by atoms with E-state index in [2.05, 4.69) is 0 Å². The molecule has 5 nitrogen and oxygen atoms in total. The third kappa shape index (κ3) is 3.41. The fourth-order valence-electron chi connectivity index (χ4n) is 1.20. The topological polar surface area (TPSA) is 77.3 Å². The van der Waals surface area contributed by atoms with Crippen molar-refractivity contribution in [1.82, 2.24) is 0 Å². The second-order valence-electron chi connectivity index (χ2n) is 3.72. The summed E-state index contributed by atoms with van der Waals surface area (Å²) in [6.45, 7) is 0.399. The van der Waals surface area contributed by atoms with E-state index in [4.69, 9.17) is 0 Å². The van der Waals surface area contributed by atoms with E-state index >= 15 is 0 Å². The highest BCUT2D eigenvalue weighted by Gasteiger charge is 2.33. The molecule has 0 aliphatic rings. The zero-order chi connectivity index (χ0) is 13.9. The molecule has 0 aliphatic carbocycles. The molecule has 7 heteroatoms. The van der Waals surface area contributed by atoms with Crippen LogP contribution in [-0.2, 0) is 4.79 Å². The lowest BCUT2D eigenvalue weighted by Crippen LogP contribution is -2.26. The fourth-order valence-corrected chi connectivity index (χ4v) is 1.20. The van der Waals surface area contributed by atoms with Gasteiger partial charge in [-0.25, -0.2) is 0 Å². The Morgan fingerprint density at radius 3 is 2.50 bits per heavy atom. The minimum absolute atomic E-state index is 0.137. The molecule has 0 fully saturated rings. The van der Waals surface area contributed by atoms with Gasteiger partial charge in [-0.15, -0.1) is 0 Å². The van der Waals surface area contributed by atoms with Gasteiger partial charge in [0.1, 0.15) is 0 Å². The maximum Gasteiger partial charge on any atom is 0.303 e. The number of alkyl halides is 2. The van der Waals surface area contributed by atoms with Crippen molar-refractivity contribution in [2.75, 3.05) is 0 Å². The van der Waals surface area contributed by atoms with Gasteiger partial charge in [0.25, 0.3) is 5.69 Å². The summed E-state index contributed by atoms with van der Waals surface area (Å²) in [4.78, 5) is 32.2. The molecular formula is C11H9F2NO4. The number of ketones is 2. The Morgan fingerprint density at radius 2 is 2.00 bits per heavy atom. The van der Waals surface area contributed by atoms with Crippen LogP contribution in [0.5, 0.6) is 0 Å². The predicted molar refractivity (Wildman–Crippen MR) is 57.7 cm³/mol. The number of nitro benzene ring substituents is 1. The van der Waals surface area contributed by atoms with E-state index in [0.29, 0.717) is 6.92 Å². The summed E-state index contributed by atoms with van der Waals surface area (Å²) in [6.07, 6.45) is -0.981. The van der Waals surface area contributed by atoms with Gasteiger partial charge in [0.05, 0.1) is 11.3 Å². The lowest BCUT2D eigenvalue weighted by Gasteiger charge is -2.07. The van der Waals surface area contributed by atoms with Crippen molar-refractivity contribution in [3.05, 3.63) is 39.9 Å². The Labute approximate surface area is 101 Å². The van der Waals surface area contributed by atoms with E-state index in [1.54, 1.807) is 0 Å². The Hall–Kier alpha value is -2.18. The first kappa shape index (κ1) is 13.9. The fraction of sp³-hybridized carbons (Fsp3) is 0.273. The molecule has 0 unspecified atom stereocenters. The van der Waals surface area contributed by atoms with Crippen molar-refractivity contribution in [2.45, 2.75) is 19.3 Å². The first-order chi connectivity index (χ1) is 8.21. The smallest absolute Gasteiger partial charge is 0.294 e. The minimum atomic E-state index is -3.59. The number of halogens is 2. The molecule has 0 aromatic heterocycles. The Kier molecular flexibility index (Phi) is 3.85. The average molecular weight is 257 g/mol. The quantitative estimate of drug-likeness (QED) is 0.351. The van der Waals surface area contributed by atoms with Gasteiger partial charge in [0.15, 0.2) is 5.78 Å². The summed E-state index contributed by atoms with van der Waals surface area (Å²) in [5.74, 6) is -5.97. The summed E-state index contributed by atoms with van der Waals surface area (Å²) < 4.78 is 25.2. The van der Waals surface area contributed by atoms with Crippen LogP contribution < -0.4 is 0 Å². The summed E-state index contributed by atoms with van der Waals surface area (Å²) in [7, 11) is 0. The van der Waals surface area contributed by atoms with E-state index in [-0.39, 0.29) is 11.3 Å². The first-order valence-corrected chi connectivity index (χ1v) is 4.90. The van der Waals surface area contributed by atoms with Gasteiger partial charge in [-0.3, -0.25) is 19.7 Å². The largest absolute Gasteiger partial charge is 0.303 e. The third-order valence-electron chi connectivity index (χ3n) is 2.19. The molecule has 0 N–H and O–H groups in total. The van der Waals surface area contributed by atoms with E-state index in [1.165, 1.54) is 12.1 Å². The van der Waals surface area contributed by atoms with E-state index in [0.717, 1.165) is 12.1 Å². The number of non-ortho nitro benzene ring substituents is 1. The number of carbonyl (C=O) groups excluding carboxylic acids is 2. The highest BCUT2D eigenvalue weighted by atomic mass is 19.3. The highest BCUT2D eigenvalue weighted by molar-refractivity contribution is 6.09. The maximum atomic E-state index is 12.6. The van der Waals surface area contributed by atoms with Gasteiger partial charge in [-0.2, -0.15) is 8.78 Å². The van der Waals surface area contributed by atoms with Crippen LogP contribution in [0.3, 0.4) is 0 Å². The summed E-state index contributed by atoms with van der Waals surface area (Å²) >= 11 is 0. The van der Waals surface area contributed by atoms with Gasteiger partial charge in [0, 0.05) is 24.6 Å². The Bertz CT molecular complexity index is 508. The van der Waals surface area contributed by atoms with Gasteiger partial charge in [-0.1, -0.05) is 12.1 Å². The normalized spacial score (nSPS) is 11.1. The van der Waals surface area contributed by atoms with Crippen LogP contribution in [0.1, 0.15) is 23.7 Å². The third-order valence-corrected chi connectivity index (χ3v) is 2.19. The molecule has 1 rings (SSSR count). The zero-order valence-electron chi connectivity index (χ0n) is 9.35. The number of carbonyl (C=O) groups is 2. The van der Waals surface area contributed by atoms with E-state index in [9.17, 15) is 28.5 Å². The SMILES string of the molecule is CC(F)(F)C(=O)CC(=O)c1cccc([N+](=O)[O-])c1. The number of nitro groups is 1. The Balaban J connectivity index is 2.89. The Morgan fingerprint density at radius 1 is 1.39 bits per heavy atom. The number of benzene rings is 1. The number of Topliss-reactive ketones (excluding diaryl/α,β-unsaturated/α-hetero) is 2. The summed E-state index contributed by atoms with van der Waals surface area (Å²) in [6, 6.07) is 4.59. The molecular weight excluding hydrogens is 248 g/mol. The molecule has 1 aromatic rings. The van der Waals surface area contributed by atoms with Crippen LogP contribution >= 0.6 is 0 Å². The molecule has 0 heterocycles. The van der Waals surface area contributed by atoms with E-state index in [1.807, 2.05) is 0 Å². The summed E-state index contributed by atoms with van der Waals surface area (Å²) in [5, 5.41) is 10.5. The molecule has 0 amide bonds. The molecule has 0 aliphatic heterocycles. The molecule has 96 valence electrons. The maximum absolute atomic E-state index is 12.6. The lowest BCUT2D eigenvalue weighted by molar-refractivity contribution is -0.384. The van der Waals surface area contributed by atoms with Gasteiger partial charge in [0.2, 0.25) is 5.78 Å². The summed E-state index contributed by atoms with van der Waals surface area (Å²) in [5.41, 5.74) is -0.474. The second-order valence-corrected chi connectivity index (χ2v) is 3.72. The molecule has 18 heavy (non-hydrogen) atoms. The van der Waals surface area contributed by atoms with Crippen LogP contribution in [0.15, 0.2) is 24.3 Å². The minimum Gasteiger partial charge on any atom is -0.294 e. The number of rotatable bonds is 5. The van der Waals surface area contributed by atoms with Crippen LogP contribution in [0.25, 0.3) is 0 Å². The highest BCUT2D eigenvalue weighted by Crippen LogP contribution is 2.19. The number of hydrogen-bond acceptors (Lipinski definition) is 4. The van der Waals surface area contributed by atoms with Crippen LogP contribution in [0.2, 0.25) is 0 Å². The molecule has 0 spiro atoms. The molecule has 1 aromatic carbocycles. The van der Waals surface area contributed by atoms with Gasteiger partial charge < -0.3 is 0 Å². The van der Waals surface area contributed by atoms with Gasteiger partial charge >= 0.3 is 5.92 Å². The van der Waals surface area contributed by atoms with Gasteiger partial charge in [-0.05, 0) is 0 Å². The van der Waals surface area contributed by atoms with Crippen LogP contribution in [0.4, 0.5) is 14.5 Å².